The normalized spacial score (nSPS) is 20.7. The third kappa shape index (κ3) is 4.42. The maximum Gasteiger partial charge on any atom is 0.255 e. The van der Waals surface area contributed by atoms with Crippen LogP contribution in [0, 0.1) is 24.6 Å². The van der Waals surface area contributed by atoms with Crippen molar-refractivity contribution in [1.29, 1.82) is 0 Å². The van der Waals surface area contributed by atoms with Gasteiger partial charge in [-0.3, -0.25) is 4.79 Å². The van der Waals surface area contributed by atoms with Crippen LogP contribution in [0.5, 0.6) is 0 Å². The van der Waals surface area contributed by atoms with E-state index in [4.69, 9.17) is 0 Å². The number of aryl methyl sites for hydroxylation is 1. The molecule has 5 nitrogen and oxygen atoms in total. The van der Waals surface area contributed by atoms with Crippen LogP contribution in [0.25, 0.3) is 0 Å². The fraction of sp³-hybridized carbons (Fsp3) is 0.381. The van der Waals surface area contributed by atoms with Gasteiger partial charge >= 0.3 is 0 Å². The van der Waals surface area contributed by atoms with Crippen LogP contribution < -0.4 is 5.32 Å². The molecule has 0 aliphatic carbocycles. The number of piperidine rings is 1. The number of nitrogens with one attached hydrogen (secondary N) is 1. The summed E-state index contributed by atoms with van der Waals surface area (Å²) in [5.74, 6) is -0.927. The van der Waals surface area contributed by atoms with Crippen LogP contribution in [0.4, 0.5) is 10.1 Å². The summed E-state index contributed by atoms with van der Waals surface area (Å²) in [4.78, 5) is 12.1. The summed E-state index contributed by atoms with van der Waals surface area (Å²) in [5, 5.41) is 2.72. The first-order chi connectivity index (χ1) is 13.2. The molecule has 1 saturated heterocycles. The standard InChI is InChI=1S/C21H25FN2O3S/c1-14-5-4-6-18(10-14)23-21(25)17-7-8-19(22)20(11-17)28(26,27)24-12-15(2)9-16(3)13-24/h4-8,10-11,15-16H,9,12-13H2,1-3H3,(H,23,25)/t15-,16-/m1/s1. The molecule has 2 aromatic rings. The second-order valence-electron chi connectivity index (χ2n) is 7.74. The van der Waals surface area contributed by atoms with Crippen molar-refractivity contribution in [2.45, 2.75) is 32.1 Å². The van der Waals surface area contributed by atoms with Crippen molar-refractivity contribution in [3.05, 3.63) is 59.4 Å². The molecule has 7 heteroatoms. The number of sulfonamides is 1. The fourth-order valence-electron chi connectivity index (χ4n) is 3.71. The van der Waals surface area contributed by atoms with Crippen molar-refractivity contribution in [3.63, 3.8) is 0 Å². The third-order valence-electron chi connectivity index (χ3n) is 4.92. The molecule has 0 saturated carbocycles. The van der Waals surface area contributed by atoms with Gasteiger partial charge in [0.25, 0.3) is 5.91 Å². The highest BCUT2D eigenvalue weighted by molar-refractivity contribution is 7.89. The molecule has 1 amide bonds. The van der Waals surface area contributed by atoms with Gasteiger partial charge < -0.3 is 5.32 Å². The molecule has 2 aromatic carbocycles. The van der Waals surface area contributed by atoms with E-state index in [0.29, 0.717) is 18.8 Å². The zero-order chi connectivity index (χ0) is 20.5. The van der Waals surface area contributed by atoms with Crippen LogP contribution in [-0.4, -0.2) is 31.7 Å². The quantitative estimate of drug-likeness (QED) is 0.836. The van der Waals surface area contributed by atoms with Crippen molar-refractivity contribution < 1.29 is 17.6 Å². The van der Waals surface area contributed by atoms with E-state index in [9.17, 15) is 17.6 Å². The third-order valence-corrected chi connectivity index (χ3v) is 6.77. The second kappa shape index (κ2) is 8.01. The Morgan fingerprint density at radius 2 is 1.79 bits per heavy atom. The molecule has 0 unspecified atom stereocenters. The highest BCUT2D eigenvalue weighted by Gasteiger charge is 2.33. The Hall–Kier alpha value is -2.25. The van der Waals surface area contributed by atoms with Crippen molar-refractivity contribution in [1.82, 2.24) is 4.31 Å². The average Bonchev–Trinajstić information content (AvgIpc) is 2.61. The van der Waals surface area contributed by atoms with Gasteiger partial charge in [0, 0.05) is 24.3 Å². The molecule has 1 fully saturated rings. The van der Waals surface area contributed by atoms with Crippen LogP contribution in [-0.2, 0) is 10.0 Å². The smallest absolute Gasteiger partial charge is 0.255 e. The van der Waals surface area contributed by atoms with Gasteiger partial charge in [-0.05, 0) is 61.1 Å². The Balaban J connectivity index is 1.89. The van der Waals surface area contributed by atoms with E-state index in [1.54, 1.807) is 12.1 Å². The molecule has 28 heavy (non-hydrogen) atoms. The number of anilines is 1. The van der Waals surface area contributed by atoms with Crippen molar-refractivity contribution in [2.75, 3.05) is 18.4 Å². The summed E-state index contributed by atoms with van der Waals surface area (Å²) in [5.41, 5.74) is 1.67. The van der Waals surface area contributed by atoms with E-state index in [-0.39, 0.29) is 17.4 Å². The Morgan fingerprint density at radius 3 is 2.43 bits per heavy atom. The lowest BCUT2D eigenvalue weighted by atomic mass is 9.94. The van der Waals surface area contributed by atoms with Crippen LogP contribution in [0.15, 0.2) is 47.4 Å². The number of hydrogen-bond acceptors (Lipinski definition) is 3. The largest absolute Gasteiger partial charge is 0.322 e. The number of carbonyl (C=O) groups excluding carboxylic acids is 1. The maximum atomic E-state index is 14.4. The minimum Gasteiger partial charge on any atom is -0.322 e. The first-order valence-corrected chi connectivity index (χ1v) is 10.8. The topological polar surface area (TPSA) is 66.5 Å². The molecule has 1 aliphatic heterocycles. The zero-order valence-corrected chi connectivity index (χ0v) is 17.1. The van der Waals surface area contributed by atoms with E-state index in [0.717, 1.165) is 24.1 Å². The number of carbonyl (C=O) groups is 1. The number of amides is 1. The lowest BCUT2D eigenvalue weighted by molar-refractivity contribution is 0.102. The molecule has 1 aliphatic rings. The summed E-state index contributed by atoms with van der Waals surface area (Å²) < 4.78 is 41.8. The molecule has 0 aromatic heterocycles. The van der Waals surface area contributed by atoms with E-state index in [1.165, 1.54) is 10.4 Å². The van der Waals surface area contributed by atoms with E-state index >= 15 is 0 Å². The highest BCUT2D eigenvalue weighted by Crippen LogP contribution is 2.28. The predicted molar refractivity (Wildman–Crippen MR) is 107 cm³/mol. The molecule has 0 bridgehead atoms. The number of halogens is 1. The number of benzene rings is 2. The zero-order valence-electron chi connectivity index (χ0n) is 16.3. The molecule has 0 radical (unpaired) electrons. The van der Waals surface area contributed by atoms with Crippen molar-refractivity contribution in [3.8, 4) is 0 Å². The first-order valence-electron chi connectivity index (χ1n) is 9.34. The van der Waals surface area contributed by atoms with Gasteiger partial charge in [0.1, 0.15) is 10.7 Å². The van der Waals surface area contributed by atoms with Crippen LogP contribution in [0.2, 0.25) is 0 Å². The fourth-order valence-corrected chi connectivity index (χ4v) is 5.48. The number of rotatable bonds is 4. The van der Waals surface area contributed by atoms with Gasteiger partial charge in [0.15, 0.2) is 0 Å². The van der Waals surface area contributed by atoms with Crippen molar-refractivity contribution in [2.24, 2.45) is 11.8 Å². The van der Waals surface area contributed by atoms with Gasteiger partial charge in [-0.15, -0.1) is 0 Å². The van der Waals surface area contributed by atoms with Gasteiger partial charge in [-0.1, -0.05) is 26.0 Å². The van der Waals surface area contributed by atoms with Gasteiger partial charge in [0.05, 0.1) is 0 Å². The second-order valence-corrected chi connectivity index (χ2v) is 9.64. The monoisotopic (exact) mass is 404 g/mol. The number of hydrogen-bond donors (Lipinski definition) is 1. The molecular weight excluding hydrogens is 379 g/mol. The lowest BCUT2D eigenvalue weighted by Crippen LogP contribution is -2.42. The Kier molecular flexibility index (Phi) is 5.86. The minimum atomic E-state index is -4.02. The summed E-state index contributed by atoms with van der Waals surface area (Å²) in [6, 6.07) is 10.7. The molecule has 0 spiro atoms. The summed E-state index contributed by atoms with van der Waals surface area (Å²) in [6.45, 7) is 6.58. The van der Waals surface area contributed by atoms with Gasteiger partial charge in [-0.25, -0.2) is 12.8 Å². The number of nitrogens with zero attached hydrogens (tertiary/aromatic N) is 1. The Morgan fingerprint density at radius 1 is 1.11 bits per heavy atom. The van der Waals surface area contributed by atoms with E-state index < -0.39 is 26.6 Å². The maximum absolute atomic E-state index is 14.4. The van der Waals surface area contributed by atoms with Crippen LogP contribution in [0.3, 0.4) is 0 Å². The summed E-state index contributed by atoms with van der Waals surface area (Å²) in [6.07, 6.45) is 0.938. The molecule has 1 heterocycles. The van der Waals surface area contributed by atoms with Crippen LogP contribution >= 0.6 is 0 Å². The SMILES string of the molecule is Cc1cccc(NC(=O)c2ccc(F)c(S(=O)(=O)N3C[C@H](C)C[C@@H](C)C3)c2)c1. The minimum absolute atomic E-state index is 0.0968. The molecular formula is C21H25FN2O3S. The van der Waals surface area contributed by atoms with Crippen LogP contribution in [0.1, 0.15) is 36.2 Å². The Labute approximate surface area is 165 Å². The van der Waals surface area contributed by atoms with Crippen molar-refractivity contribution >= 4 is 21.6 Å². The Bertz CT molecular complexity index is 981. The first kappa shape index (κ1) is 20.5. The highest BCUT2D eigenvalue weighted by atomic mass is 32.2. The lowest BCUT2D eigenvalue weighted by Gasteiger charge is -2.34. The van der Waals surface area contributed by atoms with Gasteiger partial charge in [0.2, 0.25) is 10.0 Å². The van der Waals surface area contributed by atoms with E-state index in [2.05, 4.69) is 5.32 Å². The summed E-state index contributed by atoms with van der Waals surface area (Å²) in [7, 11) is -4.02. The average molecular weight is 405 g/mol. The molecule has 150 valence electrons. The predicted octanol–water partition coefficient (Wildman–Crippen LogP) is 4.05. The molecule has 2 atom stereocenters. The van der Waals surface area contributed by atoms with Gasteiger partial charge in [-0.2, -0.15) is 4.31 Å². The molecule has 3 rings (SSSR count). The molecule has 1 N–H and O–H groups in total. The van der Waals surface area contributed by atoms with E-state index in [1.807, 2.05) is 32.9 Å². The summed E-state index contributed by atoms with van der Waals surface area (Å²) >= 11 is 0.